The number of aromatic nitrogens is 2. The van der Waals surface area contributed by atoms with Crippen LogP contribution in [0.25, 0.3) is 0 Å². The monoisotopic (exact) mass is 406 g/mol. The van der Waals surface area contributed by atoms with Crippen LogP contribution in [0, 0.1) is 0 Å². The Bertz CT molecular complexity index is 336. The van der Waals surface area contributed by atoms with Gasteiger partial charge < -0.3 is 10.2 Å². The second kappa shape index (κ2) is 7.37. The minimum absolute atomic E-state index is 0.0825. The highest BCUT2D eigenvalue weighted by atomic mass is 79.9. The van der Waals surface area contributed by atoms with E-state index in [0.717, 1.165) is 20.6 Å². The van der Waals surface area contributed by atoms with Gasteiger partial charge in [-0.05, 0) is 47.8 Å². The van der Waals surface area contributed by atoms with Crippen molar-refractivity contribution in [2.75, 3.05) is 6.61 Å². The maximum absolute atomic E-state index is 9.00. The molecule has 0 fully saturated rings. The van der Waals surface area contributed by atoms with Gasteiger partial charge in [-0.3, -0.25) is 9.48 Å². The Kier molecular flexibility index (Phi) is 7.41. The number of halogens is 3. The minimum Gasteiger partial charge on any atom is -0.481 e. The first-order valence-electron chi connectivity index (χ1n) is 3.77. The van der Waals surface area contributed by atoms with Crippen LogP contribution in [-0.4, -0.2) is 32.6 Å². The molecule has 1 heterocycles. The minimum atomic E-state index is -0.833. The second-order valence-electron chi connectivity index (χ2n) is 2.36. The Morgan fingerprint density at radius 1 is 1.47 bits per heavy atom. The van der Waals surface area contributed by atoms with Crippen molar-refractivity contribution in [3.05, 3.63) is 13.7 Å². The average molecular weight is 409 g/mol. The molecule has 86 valence electrons. The number of aliphatic hydroxyl groups excluding tert-OH is 1. The van der Waals surface area contributed by atoms with E-state index in [9.17, 15) is 0 Å². The Morgan fingerprint density at radius 3 is 2.20 bits per heavy atom. The van der Waals surface area contributed by atoms with Gasteiger partial charge in [0.25, 0.3) is 5.97 Å². The molecule has 1 aromatic heterocycles. The van der Waals surface area contributed by atoms with Gasteiger partial charge in [0, 0.05) is 6.92 Å². The Balaban J connectivity index is 0.000000423. The third-order valence-electron chi connectivity index (χ3n) is 1.11. The molecule has 0 bridgehead atoms. The number of hydrogen-bond acceptors (Lipinski definition) is 3. The lowest BCUT2D eigenvalue weighted by molar-refractivity contribution is -0.134. The number of hydrogen-bond donors (Lipinski definition) is 2. The van der Waals surface area contributed by atoms with Crippen molar-refractivity contribution in [2.45, 2.75) is 13.5 Å². The van der Waals surface area contributed by atoms with Crippen LogP contribution in [0.3, 0.4) is 0 Å². The van der Waals surface area contributed by atoms with E-state index in [0.29, 0.717) is 6.54 Å². The first-order valence-corrected chi connectivity index (χ1v) is 6.15. The van der Waals surface area contributed by atoms with Crippen molar-refractivity contribution >= 4 is 53.8 Å². The summed E-state index contributed by atoms with van der Waals surface area (Å²) in [6.45, 7) is 1.66. The molecular weight excluding hydrogens is 400 g/mol. The third-order valence-corrected chi connectivity index (χ3v) is 4.29. The molecule has 0 radical (unpaired) electrons. The summed E-state index contributed by atoms with van der Waals surface area (Å²) in [5, 5.41) is 20.1. The molecule has 1 aromatic rings. The Morgan fingerprint density at radius 2 is 1.93 bits per heavy atom. The topological polar surface area (TPSA) is 75.3 Å². The molecule has 0 aromatic carbocycles. The van der Waals surface area contributed by atoms with Crippen LogP contribution in [0.1, 0.15) is 6.92 Å². The van der Waals surface area contributed by atoms with Crippen molar-refractivity contribution in [3.8, 4) is 0 Å². The first-order chi connectivity index (χ1) is 6.90. The molecule has 15 heavy (non-hydrogen) atoms. The van der Waals surface area contributed by atoms with E-state index in [1.54, 1.807) is 4.68 Å². The fraction of sp³-hybridized carbons (Fsp3) is 0.429. The maximum atomic E-state index is 9.00. The smallest absolute Gasteiger partial charge is 0.300 e. The summed E-state index contributed by atoms with van der Waals surface area (Å²) >= 11 is 9.87. The summed E-state index contributed by atoms with van der Waals surface area (Å²) in [7, 11) is 0. The van der Waals surface area contributed by atoms with E-state index < -0.39 is 5.97 Å². The number of aliphatic hydroxyl groups is 1. The lowest BCUT2D eigenvalue weighted by atomic mass is 10.7. The van der Waals surface area contributed by atoms with Gasteiger partial charge in [-0.1, -0.05) is 0 Å². The van der Waals surface area contributed by atoms with Gasteiger partial charge in [0.15, 0.2) is 0 Å². The fourth-order valence-electron chi connectivity index (χ4n) is 0.635. The summed E-state index contributed by atoms with van der Waals surface area (Å²) in [5.74, 6) is -0.833. The molecule has 0 spiro atoms. The van der Waals surface area contributed by atoms with Crippen molar-refractivity contribution in [1.29, 1.82) is 0 Å². The van der Waals surface area contributed by atoms with E-state index in [1.165, 1.54) is 0 Å². The van der Waals surface area contributed by atoms with E-state index in [1.807, 2.05) is 0 Å². The summed E-state index contributed by atoms with van der Waals surface area (Å²) in [6, 6.07) is 0. The van der Waals surface area contributed by atoms with Gasteiger partial charge >= 0.3 is 0 Å². The number of carboxylic acid groups (broad SMARTS) is 1. The molecule has 0 aliphatic heterocycles. The molecule has 1 rings (SSSR count). The predicted octanol–water partition coefficient (Wildman–Crippen LogP) is 2.25. The lowest BCUT2D eigenvalue weighted by Crippen LogP contribution is -2.03. The molecule has 0 saturated heterocycles. The molecular formula is C7H9Br3N2O3. The molecule has 5 nitrogen and oxygen atoms in total. The average Bonchev–Trinajstić information content (AvgIpc) is 2.34. The van der Waals surface area contributed by atoms with Crippen molar-refractivity contribution < 1.29 is 15.0 Å². The van der Waals surface area contributed by atoms with E-state index in [4.69, 9.17) is 15.0 Å². The second-order valence-corrected chi connectivity index (χ2v) is 4.66. The predicted molar refractivity (Wildman–Crippen MR) is 65.7 cm³/mol. The summed E-state index contributed by atoms with van der Waals surface area (Å²) < 4.78 is 4.09. The van der Waals surface area contributed by atoms with Gasteiger partial charge in [-0.25, -0.2) is 0 Å². The van der Waals surface area contributed by atoms with Crippen LogP contribution in [0.2, 0.25) is 0 Å². The largest absolute Gasteiger partial charge is 0.481 e. The normalized spacial score (nSPS) is 9.40. The molecule has 0 aliphatic carbocycles. The highest BCUT2D eigenvalue weighted by Gasteiger charge is 2.09. The van der Waals surface area contributed by atoms with Crippen LogP contribution in [0.15, 0.2) is 13.7 Å². The zero-order valence-electron chi connectivity index (χ0n) is 7.75. The van der Waals surface area contributed by atoms with Crippen molar-refractivity contribution in [3.63, 3.8) is 0 Å². The SMILES string of the molecule is CC(=O)O.OCCn1nc(Br)c(Br)c1Br. The van der Waals surface area contributed by atoms with Crippen LogP contribution in [0.4, 0.5) is 0 Å². The molecule has 0 saturated carbocycles. The fourth-order valence-corrected chi connectivity index (χ4v) is 2.01. The van der Waals surface area contributed by atoms with Gasteiger partial charge in [0.1, 0.15) is 9.21 Å². The molecule has 0 unspecified atom stereocenters. The Hall–Kier alpha value is 0.0800. The number of carboxylic acids is 1. The van der Waals surface area contributed by atoms with Crippen LogP contribution in [-0.2, 0) is 11.3 Å². The van der Waals surface area contributed by atoms with Crippen LogP contribution in [0.5, 0.6) is 0 Å². The quantitative estimate of drug-likeness (QED) is 0.787. The number of carbonyl (C=O) groups is 1. The number of rotatable bonds is 2. The third kappa shape index (κ3) is 5.64. The molecule has 0 amide bonds. The number of nitrogens with zero attached hydrogens (tertiary/aromatic N) is 2. The van der Waals surface area contributed by atoms with Gasteiger partial charge in [0.05, 0.1) is 17.6 Å². The standard InChI is InChI=1S/C5H5Br3N2O.C2H4O2/c6-3-4(7)9-10(1-2-11)5(3)8;1-2(3)4/h11H,1-2H2;1H3,(H,3,4). The van der Waals surface area contributed by atoms with E-state index >= 15 is 0 Å². The van der Waals surface area contributed by atoms with E-state index in [-0.39, 0.29) is 6.61 Å². The van der Waals surface area contributed by atoms with Crippen LogP contribution >= 0.6 is 47.8 Å². The lowest BCUT2D eigenvalue weighted by Gasteiger charge is -1.97. The molecule has 0 atom stereocenters. The van der Waals surface area contributed by atoms with E-state index in [2.05, 4.69) is 52.9 Å². The highest BCUT2D eigenvalue weighted by Crippen LogP contribution is 2.29. The Labute approximate surface area is 112 Å². The van der Waals surface area contributed by atoms with Crippen molar-refractivity contribution in [2.24, 2.45) is 0 Å². The van der Waals surface area contributed by atoms with Crippen LogP contribution < -0.4 is 0 Å². The first kappa shape index (κ1) is 15.1. The zero-order valence-corrected chi connectivity index (χ0v) is 12.5. The molecule has 0 aliphatic rings. The van der Waals surface area contributed by atoms with Crippen molar-refractivity contribution in [1.82, 2.24) is 9.78 Å². The summed E-state index contributed by atoms with van der Waals surface area (Å²) in [5.41, 5.74) is 0. The van der Waals surface area contributed by atoms with Gasteiger partial charge in [-0.15, -0.1) is 0 Å². The van der Waals surface area contributed by atoms with Gasteiger partial charge in [0.2, 0.25) is 0 Å². The summed E-state index contributed by atoms with van der Waals surface area (Å²) in [4.78, 5) is 9.00. The number of aliphatic carboxylic acids is 1. The molecule has 2 N–H and O–H groups in total. The maximum Gasteiger partial charge on any atom is 0.300 e. The zero-order chi connectivity index (χ0) is 12.0. The van der Waals surface area contributed by atoms with Gasteiger partial charge in [-0.2, -0.15) is 5.10 Å². The summed E-state index contributed by atoms with van der Waals surface area (Å²) in [6.07, 6.45) is 0. The highest BCUT2D eigenvalue weighted by molar-refractivity contribution is 9.14. The molecule has 8 heteroatoms.